The van der Waals surface area contributed by atoms with Crippen LogP contribution in [0.3, 0.4) is 0 Å². The van der Waals surface area contributed by atoms with Crippen LogP contribution in [-0.4, -0.2) is 11.5 Å². The molecule has 0 unspecified atom stereocenters. The lowest BCUT2D eigenvalue weighted by Crippen LogP contribution is -2.01. The number of halogens is 2. The minimum absolute atomic E-state index is 0.347. The maximum atomic E-state index is 10.5. The Bertz CT molecular complexity index is 747. The van der Waals surface area contributed by atoms with E-state index in [1.807, 2.05) is 19.1 Å². The van der Waals surface area contributed by atoms with Gasteiger partial charge in [0.25, 0.3) is 0 Å². The third-order valence-corrected chi connectivity index (χ3v) is 3.86. The summed E-state index contributed by atoms with van der Waals surface area (Å²) in [6.07, 6.45) is 2.28. The van der Waals surface area contributed by atoms with E-state index in [1.54, 1.807) is 24.3 Å². The third-order valence-electron chi connectivity index (χ3n) is 3.02. The highest BCUT2D eigenvalue weighted by Crippen LogP contribution is 2.37. The number of rotatable bonds is 7. The average molecular weight is 413 g/mol. The molecule has 2 aromatic carbocycles. The maximum Gasteiger partial charge on any atom is 0.235 e. The van der Waals surface area contributed by atoms with Crippen LogP contribution in [0.25, 0.3) is 6.08 Å². The zero-order valence-electron chi connectivity index (χ0n) is 12.9. The molecule has 2 rings (SSSR count). The SMILES string of the molecule is CCOc1cc(/C=C/[N+](=O)[O-])cc(Br)c1OCc1ccc(Cl)cc1. The molecule has 0 aliphatic heterocycles. The van der Waals surface area contributed by atoms with Gasteiger partial charge >= 0.3 is 0 Å². The smallest absolute Gasteiger partial charge is 0.235 e. The summed E-state index contributed by atoms with van der Waals surface area (Å²) in [7, 11) is 0. The van der Waals surface area contributed by atoms with Gasteiger partial charge in [-0.05, 0) is 58.2 Å². The van der Waals surface area contributed by atoms with Crippen molar-refractivity contribution in [1.29, 1.82) is 0 Å². The van der Waals surface area contributed by atoms with Crippen LogP contribution >= 0.6 is 27.5 Å². The standard InChI is InChI=1S/C17H15BrClNO4/c1-2-23-16-10-13(7-8-20(21)22)9-15(18)17(16)24-11-12-3-5-14(19)6-4-12/h3-10H,2,11H2,1H3/b8-7+. The molecule has 0 saturated heterocycles. The Labute approximate surface area is 153 Å². The number of benzene rings is 2. The molecule has 126 valence electrons. The average Bonchev–Trinajstić information content (AvgIpc) is 2.54. The van der Waals surface area contributed by atoms with Crippen LogP contribution in [0, 0.1) is 10.1 Å². The number of nitro groups is 1. The molecule has 0 amide bonds. The van der Waals surface area contributed by atoms with Crippen molar-refractivity contribution in [2.45, 2.75) is 13.5 Å². The second-order valence-electron chi connectivity index (χ2n) is 4.78. The molecule has 0 bridgehead atoms. The quantitative estimate of drug-likeness (QED) is 0.455. The van der Waals surface area contributed by atoms with Crippen LogP contribution in [0.4, 0.5) is 0 Å². The fraction of sp³-hybridized carbons (Fsp3) is 0.176. The molecule has 0 aliphatic rings. The molecule has 7 heteroatoms. The first kappa shape index (κ1) is 18.3. The van der Waals surface area contributed by atoms with E-state index in [0.29, 0.717) is 39.8 Å². The minimum Gasteiger partial charge on any atom is -0.490 e. The predicted octanol–water partition coefficient (Wildman–Crippen LogP) is 5.33. The first-order valence-electron chi connectivity index (χ1n) is 7.15. The van der Waals surface area contributed by atoms with Crippen molar-refractivity contribution >= 4 is 33.6 Å². The Hall–Kier alpha value is -2.05. The Morgan fingerprint density at radius 3 is 2.58 bits per heavy atom. The van der Waals surface area contributed by atoms with Gasteiger partial charge in [-0.25, -0.2) is 0 Å². The first-order valence-corrected chi connectivity index (χ1v) is 8.32. The van der Waals surface area contributed by atoms with Gasteiger partial charge in [-0.1, -0.05) is 23.7 Å². The topological polar surface area (TPSA) is 61.6 Å². The Morgan fingerprint density at radius 2 is 1.96 bits per heavy atom. The summed E-state index contributed by atoms with van der Waals surface area (Å²) >= 11 is 9.30. The van der Waals surface area contributed by atoms with E-state index in [0.717, 1.165) is 11.8 Å². The van der Waals surface area contributed by atoms with Gasteiger partial charge in [0.2, 0.25) is 6.20 Å². The lowest BCUT2D eigenvalue weighted by atomic mass is 10.2. The van der Waals surface area contributed by atoms with E-state index in [4.69, 9.17) is 21.1 Å². The zero-order chi connectivity index (χ0) is 17.5. The van der Waals surface area contributed by atoms with E-state index in [9.17, 15) is 10.1 Å². The van der Waals surface area contributed by atoms with Crippen LogP contribution in [0.5, 0.6) is 11.5 Å². The van der Waals surface area contributed by atoms with Crippen molar-refractivity contribution < 1.29 is 14.4 Å². The molecule has 0 N–H and O–H groups in total. The zero-order valence-corrected chi connectivity index (χ0v) is 15.2. The maximum absolute atomic E-state index is 10.5. The fourth-order valence-corrected chi connectivity index (χ4v) is 2.67. The van der Waals surface area contributed by atoms with Gasteiger partial charge in [0.05, 0.1) is 16.0 Å². The molecular formula is C17H15BrClNO4. The Kier molecular flexibility index (Phi) is 6.63. The molecular weight excluding hydrogens is 398 g/mol. The van der Waals surface area contributed by atoms with Gasteiger partial charge in [0.1, 0.15) is 6.61 Å². The summed E-state index contributed by atoms with van der Waals surface area (Å²) < 4.78 is 12.1. The van der Waals surface area contributed by atoms with Gasteiger partial charge in [-0.15, -0.1) is 0 Å². The van der Waals surface area contributed by atoms with Crippen molar-refractivity contribution in [2.75, 3.05) is 6.61 Å². The predicted molar refractivity (Wildman–Crippen MR) is 97.1 cm³/mol. The van der Waals surface area contributed by atoms with Crippen LogP contribution in [0.15, 0.2) is 47.1 Å². The van der Waals surface area contributed by atoms with Crippen molar-refractivity contribution in [3.8, 4) is 11.5 Å². The summed E-state index contributed by atoms with van der Waals surface area (Å²) in [5.74, 6) is 1.06. The number of ether oxygens (including phenoxy) is 2. The summed E-state index contributed by atoms with van der Waals surface area (Å²) in [5, 5.41) is 11.1. The molecule has 0 aliphatic carbocycles. The van der Waals surface area contributed by atoms with Crippen molar-refractivity contribution in [2.24, 2.45) is 0 Å². The molecule has 0 heterocycles. The lowest BCUT2D eigenvalue weighted by molar-refractivity contribution is -0.400. The first-order chi connectivity index (χ1) is 11.5. The van der Waals surface area contributed by atoms with Gasteiger partial charge in [-0.3, -0.25) is 10.1 Å². The number of hydrogen-bond acceptors (Lipinski definition) is 4. The molecule has 0 aromatic heterocycles. The Morgan fingerprint density at radius 1 is 1.25 bits per heavy atom. The number of nitrogens with zero attached hydrogens (tertiary/aromatic N) is 1. The monoisotopic (exact) mass is 411 g/mol. The van der Waals surface area contributed by atoms with E-state index in [1.165, 1.54) is 6.08 Å². The summed E-state index contributed by atoms with van der Waals surface area (Å²) in [4.78, 5) is 9.95. The third kappa shape index (κ3) is 5.25. The van der Waals surface area contributed by atoms with Gasteiger partial charge in [0, 0.05) is 11.1 Å². The van der Waals surface area contributed by atoms with Gasteiger partial charge < -0.3 is 9.47 Å². The second kappa shape index (κ2) is 8.70. The van der Waals surface area contributed by atoms with Crippen LogP contribution in [0.1, 0.15) is 18.1 Å². The van der Waals surface area contributed by atoms with E-state index in [-0.39, 0.29) is 0 Å². The molecule has 0 atom stereocenters. The Balaban J connectivity index is 2.23. The van der Waals surface area contributed by atoms with Crippen LogP contribution < -0.4 is 9.47 Å². The minimum atomic E-state index is -0.515. The second-order valence-corrected chi connectivity index (χ2v) is 6.07. The normalized spacial score (nSPS) is 10.8. The molecule has 24 heavy (non-hydrogen) atoms. The molecule has 2 aromatic rings. The van der Waals surface area contributed by atoms with Crippen molar-refractivity contribution in [3.05, 3.63) is 73.3 Å². The fourth-order valence-electron chi connectivity index (χ4n) is 1.97. The highest BCUT2D eigenvalue weighted by Gasteiger charge is 2.12. The summed E-state index contributed by atoms with van der Waals surface area (Å²) in [5.41, 5.74) is 1.60. The molecule has 0 radical (unpaired) electrons. The number of hydrogen-bond donors (Lipinski definition) is 0. The largest absolute Gasteiger partial charge is 0.490 e. The van der Waals surface area contributed by atoms with Crippen LogP contribution in [0.2, 0.25) is 5.02 Å². The van der Waals surface area contributed by atoms with Crippen molar-refractivity contribution in [3.63, 3.8) is 0 Å². The molecule has 0 saturated carbocycles. The molecule has 0 spiro atoms. The van der Waals surface area contributed by atoms with E-state index in [2.05, 4.69) is 15.9 Å². The van der Waals surface area contributed by atoms with E-state index < -0.39 is 4.92 Å². The van der Waals surface area contributed by atoms with E-state index >= 15 is 0 Å². The molecule has 0 fully saturated rings. The summed E-state index contributed by atoms with van der Waals surface area (Å²) in [6.45, 7) is 2.66. The highest BCUT2D eigenvalue weighted by molar-refractivity contribution is 9.10. The van der Waals surface area contributed by atoms with Crippen molar-refractivity contribution in [1.82, 2.24) is 0 Å². The highest BCUT2D eigenvalue weighted by atomic mass is 79.9. The van der Waals surface area contributed by atoms with Crippen LogP contribution in [-0.2, 0) is 6.61 Å². The summed E-state index contributed by atoms with van der Waals surface area (Å²) in [6, 6.07) is 10.8. The lowest BCUT2D eigenvalue weighted by Gasteiger charge is -2.14. The van der Waals surface area contributed by atoms with Gasteiger partial charge in [-0.2, -0.15) is 0 Å². The molecule has 5 nitrogen and oxygen atoms in total. The van der Waals surface area contributed by atoms with Gasteiger partial charge in [0.15, 0.2) is 11.5 Å².